The van der Waals surface area contributed by atoms with Crippen molar-refractivity contribution < 1.29 is 4.74 Å². The zero-order valence-electron chi connectivity index (χ0n) is 13.4. The molecular formula is C22H18O. The molecule has 0 amide bonds. The SMILES string of the molecule is C=c1ccc2c(c1)Oc1cc(C)ccc1C=2c1ccccc1C. The first-order valence-electron chi connectivity index (χ1n) is 7.82. The minimum Gasteiger partial charge on any atom is -0.456 e. The van der Waals surface area contributed by atoms with E-state index in [-0.39, 0.29) is 0 Å². The lowest BCUT2D eigenvalue weighted by Gasteiger charge is -2.22. The molecule has 1 aliphatic heterocycles. The summed E-state index contributed by atoms with van der Waals surface area (Å²) in [5.74, 6) is 1.80. The lowest BCUT2D eigenvalue weighted by Crippen LogP contribution is -2.19. The second-order valence-corrected chi connectivity index (χ2v) is 6.12. The molecule has 1 heteroatoms. The lowest BCUT2D eigenvalue weighted by molar-refractivity contribution is 0.471. The van der Waals surface area contributed by atoms with Crippen LogP contribution in [0.15, 0.2) is 60.7 Å². The van der Waals surface area contributed by atoms with Crippen LogP contribution in [0.1, 0.15) is 22.3 Å². The maximum Gasteiger partial charge on any atom is 0.135 e. The van der Waals surface area contributed by atoms with Crippen LogP contribution >= 0.6 is 0 Å². The second kappa shape index (κ2) is 5.13. The Morgan fingerprint density at radius 2 is 1.61 bits per heavy atom. The fourth-order valence-corrected chi connectivity index (χ4v) is 3.19. The molecule has 4 rings (SSSR count). The maximum absolute atomic E-state index is 6.17. The molecule has 0 fully saturated rings. The molecule has 3 aromatic carbocycles. The fourth-order valence-electron chi connectivity index (χ4n) is 3.19. The van der Waals surface area contributed by atoms with E-state index in [0.29, 0.717) is 0 Å². The van der Waals surface area contributed by atoms with Crippen LogP contribution in [0.3, 0.4) is 0 Å². The van der Waals surface area contributed by atoms with Gasteiger partial charge >= 0.3 is 0 Å². The topological polar surface area (TPSA) is 9.23 Å². The van der Waals surface area contributed by atoms with E-state index in [0.717, 1.165) is 27.5 Å². The zero-order valence-corrected chi connectivity index (χ0v) is 13.4. The van der Waals surface area contributed by atoms with Crippen molar-refractivity contribution in [2.45, 2.75) is 13.8 Å². The predicted octanol–water partition coefficient (Wildman–Crippen LogP) is 4.07. The molecule has 0 unspecified atom stereocenters. The van der Waals surface area contributed by atoms with Gasteiger partial charge < -0.3 is 4.74 Å². The van der Waals surface area contributed by atoms with E-state index in [9.17, 15) is 0 Å². The highest BCUT2D eigenvalue weighted by Crippen LogP contribution is 2.37. The van der Waals surface area contributed by atoms with Gasteiger partial charge in [0.25, 0.3) is 0 Å². The molecule has 0 saturated carbocycles. The summed E-state index contributed by atoms with van der Waals surface area (Å²) in [6, 6.07) is 21.1. The highest BCUT2D eigenvalue weighted by atomic mass is 16.5. The number of fused-ring (bicyclic) bond motifs is 2. The Hall–Kier alpha value is -2.80. The van der Waals surface area contributed by atoms with E-state index in [1.807, 2.05) is 12.1 Å². The van der Waals surface area contributed by atoms with Crippen molar-refractivity contribution in [1.29, 1.82) is 0 Å². The van der Waals surface area contributed by atoms with E-state index in [1.165, 1.54) is 22.3 Å². The standard InChI is InChI=1S/C22H18O/c1-14-8-10-18-20(12-14)23-21-13-15(2)9-11-19(21)22(18)17-7-5-4-6-16(17)3/h4-13H,1H2,2-3H3. The number of hydrogen-bond acceptors (Lipinski definition) is 1. The molecule has 23 heavy (non-hydrogen) atoms. The predicted molar refractivity (Wildman–Crippen MR) is 95.3 cm³/mol. The van der Waals surface area contributed by atoms with E-state index < -0.39 is 0 Å². The molecule has 0 spiro atoms. The summed E-state index contributed by atoms with van der Waals surface area (Å²) in [6.45, 7) is 8.27. The Labute approximate surface area is 136 Å². The van der Waals surface area contributed by atoms with Crippen LogP contribution < -0.4 is 15.2 Å². The molecule has 0 N–H and O–H groups in total. The van der Waals surface area contributed by atoms with Crippen LogP contribution in [0.25, 0.3) is 12.2 Å². The molecule has 0 bridgehead atoms. The van der Waals surface area contributed by atoms with Crippen LogP contribution in [-0.4, -0.2) is 0 Å². The van der Waals surface area contributed by atoms with Gasteiger partial charge in [0.15, 0.2) is 0 Å². The Morgan fingerprint density at radius 3 is 2.43 bits per heavy atom. The average molecular weight is 298 g/mol. The highest BCUT2D eigenvalue weighted by molar-refractivity contribution is 5.86. The van der Waals surface area contributed by atoms with Crippen molar-refractivity contribution in [2.24, 2.45) is 0 Å². The third-order valence-corrected chi connectivity index (χ3v) is 4.36. The summed E-state index contributed by atoms with van der Waals surface area (Å²) < 4.78 is 6.17. The van der Waals surface area contributed by atoms with Gasteiger partial charge in [-0.15, -0.1) is 0 Å². The van der Waals surface area contributed by atoms with Crippen molar-refractivity contribution in [3.8, 4) is 11.5 Å². The molecule has 1 aliphatic rings. The summed E-state index contributed by atoms with van der Waals surface area (Å²) in [5.41, 5.74) is 6.09. The maximum atomic E-state index is 6.17. The summed E-state index contributed by atoms with van der Waals surface area (Å²) in [7, 11) is 0. The summed E-state index contributed by atoms with van der Waals surface area (Å²) in [5, 5.41) is 2.09. The van der Waals surface area contributed by atoms with E-state index in [2.05, 4.69) is 69.0 Å². The summed E-state index contributed by atoms with van der Waals surface area (Å²) in [4.78, 5) is 0. The Bertz CT molecular complexity index is 1030. The van der Waals surface area contributed by atoms with Crippen LogP contribution in [0.5, 0.6) is 11.5 Å². The first-order chi connectivity index (χ1) is 11.1. The third-order valence-electron chi connectivity index (χ3n) is 4.36. The normalized spacial score (nSPS) is 12.3. The van der Waals surface area contributed by atoms with Crippen LogP contribution in [0.2, 0.25) is 0 Å². The van der Waals surface area contributed by atoms with Crippen molar-refractivity contribution >= 4 is 12.2 Å². The smallest absolute Gasteiger partial charge is 0.135 e. The monoisotopic (exact) mass is 298 g/mol. The molecule has 0 saturated heterocycles. The number of ether oxygens (including phenoxy) is 1. The number of hydrogen-bond donors (Lipinski definition) is 0. The second-order valence-electron chi connectivity index (χ2n) is 6.12. The molecule has 0 aliphatic carbocycles. The van der Waals surface area contributed by atoms with Crippen molar-refractivity contribution in [2.75, 3.05) is 0 Å². The third kappa shape index (κ3) is 2.25. The van der Waals surface area contributed by atoms with Gasteiger partial charge in [0, 0.05) is 16.4 Å². The van der Waals surface area contributed by atoms with Gasteiger partial charge in [-0.1, -0.05) is 55.1 Å². The zero-order chi connectivity index (χ0) is 16.0. The van der Waals surface area contributed by atoms with Crippen LogP contribution in [0.4, 0.5) is 0 Å². The molecule has 0 radical (unpaired) electrons. The number of aryl methyl sites for hydroxylation is 2. The van der Waals surface area contributed by atoms with Crippen molar-refractivity contribution in [1.82, 2.24) is 0 Å². The quantitative estimate of drug-likeness (QED) is 0.515. The molecule has 112 valence electrons. The lowest BCUT2D eigenvalue weighted by atomic mass is 9.90. The minimum atomic E-state index is 0.883. The van der Waals surface area contributed by atoms with E-state index >= 15 is 0 Å². The average Bonchev–Trinajstić information content (AvgIpc) is 2.53. The van der Waals surface area contributed by atoms with Gasteiger partial charge in [-0.25, -0.2) is 0 Å². The highest BCUT2D eigenvalue weighted by Gasteiger charge is 2.20. The van der Waals surface area contributed by atoms with Gasteiger partial charge in [0.2, 0.25) is 0 Å². The van der Waals surface area contributed by atoms with Crippen molar-refractivity contribution in [3.05, 3.63) is 93.4 Å². The van der Waals surface area contributed by atoms with Gasteiger partial charge in [-0.3, -0.25) is 0 Å². The Morgan fingerprint density at radius 1 is 0.783 bits per heavy atom. The van der Waals surface area contributed by atoms with Gasteiger partial charge in [-0.2, -0.15) is 0 Å². The summed E-state index contributed by atoms with van der Waals surface area (Å²) in [6.07, 6.45) is 0. The summed E-state index contributed by atoms with van der Waals surface area (Å²) >= 11 is 0. The van der Waals surface area contributed by atoms with Crippen molar-refractivity contribution in [3.63, 3.8) is 0 Å². The fraction of sp³-hybridized carbons (Fsp3) is 0.0909. The first-order valence-corrected chi connectivity index (χ1v) is 7.82. The Kier molecular flexibility index (Phi) is 3.09. The molecule has 3 aromatic rings. The van der Waals surface area contributed by atoms with E-state index in [4.69, 9.17) is 4.74 Å². The van der Waals surface area contributed by atoms with Gasteiger partial charge in [-0.05, 0) is 47.9 Å². The molecule has 0 atom stereocenters. The largest absolute Gasteiger partial charge is 0.456 e. The van der Waals surface area contributed by atoms with Gasteiger partial charge in [0.05, 0.1) is 0 Å². The van der Waals surface area contributed by atoms with Crippen LogP contribution in [-0.2, 0) is 0 Å². The molecule has 0 aromatic heterocycles. The molecular weight excluding hydrogens is 280 g/mol. The molecule has 1 nitrogen and oxygen atoms in total. The Balaban J connectivity index is 2.16. The van der Waals surface area contributed by atoms with Gasteiger partial charge in [0.1, 0.15) is 11.5 Å². The number of rotatable bonds is 1. The number of benzene rings is 3. The first kappa shape index (κ1) is 13.8. The van der Waals surface area contributed by atoms with E-state index in [1.54, 1.807) is 0 Å². The minimum absolute atomic E-state index is 0.883. The molecule has 1 heterocycles. The van der Waals surface area contributed by atoms with Crippen LogP contribution in [0, 0.1) is 13.8 Å².